The van der Waals surface area contributed by atoms with Crippen LogP contribution in [0.5, 0.6) is 5.75 Å². The van der Waals surface area contributed by atoms with Gasteiger partial charge in [0, 0.05) is 25.7 Å². The average Bonchev–Trinajstić information content (AvgIpc) is 2.49. The van der Waals surface area contributed by atoms with Crippen molar-refractivity contribution >= 4 is 5.69 Å². The molecule has 0 radical (unpaired) electrons. The van der Waals surface area contributed by atoms with Gasteiger partial charge in [-0.1, -0.05) is 13.0 Å². The predicted octanol–water partition coefficient (Wildman–Crippen LogP) is 2.73. The van der Waals surface area contributed by atoms with Gasteiger partial charge in [0.15, 0.2) is 0 Å². The second kappa shape index (κ2) is 8.25. The van der Waals surface area contributed by atoms with Crippen molar-refractivity contribution in [1.29, 1.82) is 0 Å². The van der Waals surface area contributed by atoms with Crippen LogP contribution >= 0.6 is 0 Å². The summed E-state index contributed by atoms with van der Waals surface area (Å²) in [6.45, 7) is 8.29. The quantitative estimate of drug-likeness (QED) is 0.785. The molecule has 1 fully saturated rings. The van der Waals surface area contributed by atoms with E-state index in [1.54, 1.807) is 0 Å². The molecule has 0 saturated carbocycles. The van der Waals surface area contributed by atoms with Gasteiger partial charge in [-0.15, -0.1) is 0 Å². The van der Waals surface area contributed by atoms with E-state index in [0.29, 0.717) is 19.3 Å². The number of nitrogens with zero attached hydrogens (tertiary/aromatic N) is 1. The Morgan fingerprint density at radius 2 is 1.95 bits per heavy atom. The third kappa shape index (κ3) is 4.90. The molecule has 1 aromatic carbocycles. The van der Waals surface area contributed by atoms with Crippen molar-refractivity contribution in [2.75, 3.05) is 37.8 Å². The molecule has 0 spiro atoms. The zero-order chi connectivity index (χ0) is 15.1. The predicted molar refractivity (Wildman–Crippen MR) is 87.2 cm³/mol. The smallest absolute Gasteiger partial charge is 0.142 e. The van der Waals surface area contributed by atoms with Crippen molar-refractivity contribution in [2.24, 2.45) is 5.73 Å². The maximum atomic E-state index is 6.00. The molecule has 0 amide bonds. The van der Waals surface area contributed by atoms with E-state index < -0.39 is 0 Å². The van der Waals surface area contributed by atoms with E-state index in [1.165, 1.54) is 11.3 Å². The molecule has 1 aliphatic rings. The molecule has 2 N–H and O–H groups in total. The van der Waals surface area contributed by atoms with E-state index in [4.69, 9.17) is 15.2 Å². The van der Waals surface area contributed by atoms with Gasteiger partial charge in [-0.05, 0) is 43.9 Å². The highest BCUT2D eigenvalue weighted by Crippen LogP contribution is 2.31. The van der Waals surface area contributed by atoms with Gasteiger partial charge in [0.25, 0.3) is 0 Å². The number of benzene rings is 1. The Kier molecular flexibility index (Phi) is 6.33. The molecular formula is C17H28N2O2. The number of anilines is 1. The summed E-state index contributed by atoms with van der Waals surface area (Å²) in [5, 5.41) is 0. The first kappa shape index (κ1) is 16.1. The number of hydrogen-bond donors (Lipinski definition) is 1. The van der Waals surface area contributed by atoms with E-state index in [9.17, 15) is 0 Å². The fourth-order valence-electron chi connectivity index (χ4n) is 2.59. The van der Waals surface area contributed by atoms with Gasteiger partial charge in [-0.25, -0.2) is 0 Å². The molecule has 118 valence electrons. The van der Waals surface area contributed by atoms with Crippen LogP contribution in [0.3, 0.4) is 0 Å². The summed E-state index contributed by atoms with van der Waals surface area (Å²) in [5.74, 6) is 0.955. The van der Waals surface area contributed by atoms with Crippen LogP contribution in [0.1, 0.15) is 31.7 Å². The van der Waals surface area contributed by atoms with Gasteiger partial charge in [0.2, 0.25) is 0 Å². The van der Waals surface area contributed by atoms with Crippen molar-refractivity contribution in [1.82, 2.24) is 0 Å². The topological polar surface area (TPSA) is 47.7 Å². The average molecular weight is 292 g/mol. The molecule has 1 saturated heterocycles. The van der Waals surface area contributed by atoms with E-state index in [-0.39, 0.29) is 0 Å². The molecular weight excluding hydrogens is 264 g/mol. The van der Waals surface area contributed by atoms with E-state index in [0.717, 1.165) is 44.7 Å². The van der Waals surface area contributed by atoms with Gasteiger partial charge in [0.05, 0.1) is 12.3 Å². The second-order valence-electron chi connectivity index (χ2n) is 5.76. The molecule has 1 aromatic rings. The molecule has 0 bridgehead atoms. The molecule has 1 aliphatic heterocycles. The van der Waals surface area contributed by atoms with E-state index >= 15 is 0 Å². The summed E-state index contributed by atoms with van der Waals surface area (Å²) >= 11 is 0. The summed E-state index contributed by atoms with van der Waals surface area (Å²) in [6, 6.07) is 6.72. The van der Waals surface area contributed by atoms with Gasteiger partial charge in [-0.3, -0.25) is 0 Å². The normalized spacial score (nSPS) is 16.2. The van der Waals surface area contributed by atoms with Gasteiger partial charge in [0.1, 0.15) is 12.4 Å². The number of ether oxygens (including phenoxy) is 2. The van der Waals surface area contributed by atoms with Crippen LogP contribution in [0.2, 0.25) is 0 Å². The van der Waals surface area contributed by atoms with Crippen LogP contribution in [-0.4, -0.2) is 39.0 Å². The van der Waals surface area contributed by atoms with E-state index in [1.807, 2.05) is 0 Å². The first-order chi connectivity index (χ1) is 10.2. The summed E-state index contributed by atoms with van der Waals surface area (Å²) < 4.78 is 11.4. The maximum Gasteiger partial charge on any atom is 0.142 e. The van der Waals surface area contributed by atoms with Crippen LogP contribution in [0.4, 0.5) is 5.69 Å². The molecule has 0 aliphatic carbocycles. The van der Waals surface area contributed by atoms with E-state index in [2.05, 4.69) is 36.9 Å². The zero-order valence-corrected chi connectivity index (χ0v) is 13.3. The molecule has 0 aromatic heterocycles. The molecule has 0 unspecified atom stereocenters. The fourth-order valence-corrected chi connectivity index (χ4v) is 2.59. The van der Waals surface area contributed by atoms with Gasteiger partial charge < -0.3 is 20.1 Å². The van der Waals surface area contributed by atoms with Crippen LogP contribution in [0.25, 0.3) is 0 Å². The monoisotopic (exact) mass is 292 g/mol. The Bertz CT molecular complexity index is 429. The molecule has 1 heterocycles. The van der Waals surface area contributed by atoms with Crippen molar-refractivity contribution in [3.8, 4) is 5.75 Å². The minimum absolute atomic E-state index is 0.345. The highest BCUT2D eigenvalue weighted by atomic mass is 16.5. The third-order valence-corrected chi connectivity index (χ3v) is 3.83. The number of piperidine rings is 1. The lowest BCUT2D eigenvalue weighted by molar-refractivity contribution is 0.101. The minimum atomic E-state index is 0.345. The highest BCUT2D eigenvalue weighted by molar-refractivity contribution is 5.60. The van der Waals surface area contributed by atoms with Crippen LogP contribution < -0.4 is 15.4 Å². The summed E-state index contributed by atoms with van der Waals surface area (Å²) in [7, 11) is 0. The molecule has 4 heteroatoms. The molecule has 4 nitrogen and oxygen atoms in total. The standard InChI is InChI=1S/C17H28N2O2/c1-3-10-20-11-12-21-17-5-4-14(2)13-16(17)19-8-6-15(18)7-9-19/h4-5,13,15H,3,6-12,18H2,1-2H3. The van der Waals surface area contributed by atoms with Crippen LogP contribution in [0, 0.1) is 6.92 Å². The largest absolute Gasteiger partial charge is 0.489 e. The molecule has 2 rings (SSSR count). The van der Waals surface area contributed by atoms with Crippen molar-refractivity contribution in [3.63, 3.8) is 0 Å². The Morgan fingerprint density at radius 3 is 2.67 bits per heavy atom. The van der Waals surface area contributed by atoms with Crippen LogP contribution in [0.15, 0.2) is 18.2 Å². The maximum absolute atomic E-state index is 6.00. The van der Waals surface area contributed by atoms with Crippen molar-refractivity contribution in [2.45, 2.75) is 39.2 Å². The first-order valence-corrected chi connectivity index (χ1v) is 8.02. The number of hydrogen-bond acceptors (Lipinski definition) is 4. The highest BCUT2D eigenvalue weighted by Gasteiger charge is 2.19. The Labute approximate surface area is 128 Å². The Morgan fingerprint density at radius 1 is 1.19 bits per heavy atom. The second-order valence-corrected chi connectivity index (χ2v) is 5.76. The number of aryl methyl sites for hydroxylation is 1. The number of nitrogens with two attached hydrogens (primary N) is 1. The zero-order valence-electron chi connectivity index (χ0n) is 13.3. The van der Waals surface area contributed by atoms with Crippen molar-refractivity contribution in [3.05, 3.63) is 23.8 Å². The fraction of sp³-hybridized carbons (Fsp3) is 0.647. The summed E-state index contributed by atoms with van der Waals surface area (Å²) in [6.07, 6.45) is 3.14. The molecule has 21 heavy (non-hydrogen) atoms. The van der Waals surface area contributed by atoms with Gasteiger partial charge in [-0.2, -0.15) is 0 Å². The SMILES string of the molecule is CCCOCCOc1ccc(C)cc1N1CCC(N)CC1. The summed E-state index contributed by atoms with van der Waals surface area (Å²) in [4.78, 5) is 2.39. The van der Waals surface area contributed by atoms with Gasteiger partial charge >= 0.3 is 0 Å². The lowest BCUT2D eigenvalue weighted by atomic mass is 10.0. The summed E-state index contributed by atoms with van der Waals surface area (Å²) in [5.41, 5.74) is 8.45. The Balaban J connectivity index is 1.96. The molecule has 0 atom stereocenters. The van der Waals surface area contributed by atoms with Crippen molar-refractivity contribution < 1.29 is 9.47 Å². The lowest BCUT2D eigenvalue weighted by Gasteiger charge is -2.33. The minimum Gasteiger partial charge on any atom is -0.489 e. The first-order valence-electron chi connectivity index (χ1n) is 8.02. The third-order valence-electron chi connectivity index (χ3n) is 3.83. The lowest BCUT2D eigenvalue weighted by Crippen LogP contribution is -2.39. The Hall–Kier alpha value is -1.26. The van der Waals surface area contributed by atoms with Crippen LogP contribution in [-0.2, 0) is 4.74 Å². The number of rotatable bonds is 7.